The summed E-state index contributed by atoms with van der Waals surface area (Å²) in [7, 11) is 3.15. The Kier molecular flexibility index (Phi) is 9.80. The summed E-state index contributed by atoms with van der Waals surface area (Å²) >= 11 is 0. The molecule has 2 aromatic heterocycles. The van der Waals surface area contributed by atoms with E-state index < -0.39 is 11.9 Å². The SMILES string of the molecule is COc1cc(C)nc(N)[nH+]1.COc1cc(C)nc(N)[nH+]1.O=C([O-])c1cccc(C(=O)[O-])c1. The van der Waals surface area contributed by atoms with Crippen LogP contribution in [-0.4, -0.2) is 36.1 Å². The lowest BCUT2D eigenvalue weighted by molar-refractivity contribution is -0.380. The van der Waals surface area contributed by atoms with Gasteiger partial charge in [-0.1, -0.05) is 28.2 Å². The Labute approximate surface area is 183 Å². The number of rotatable bonds is 4. The second-order valence-corrected chi connectivity index (χ2v) is 6.11. The van der Waals surface area contributed by atoms with E-state index >= 15 is 0 Å². The van der Waals surface area contributed by atoms with E-state index in [-0.39, 0.29) is 11.1 Å². The normalized spacial score (nSPS) is 9.38. The van der Waals surface area contributed by atoms with Gasteiger partial charge < -0.3 is 29.3 Å². The number of methoxy groups -OCH3 is 2. The highest BCUT2D eigenvalue weighted by atomic mass is 16.5. The summed E-state index contributed by atoms with van der Waals surface area (Å²) in [4.78, 5) is 33.8. The molecule has 12 heteroatoms. The number of nitrogens with one attached hydrogen (secondary N) is 2. The first-order valence-electron chi connectivity index (χ1n) is 8.99. The van der Waals surface area contributed by atoms with Gasteiger partial charge in [0.15, 0.2) is 0 Å². The topological polar surface area (TPSA) is 205 Å². The number of hydrogen-bond acceptors (Lipinski definition) is 10. The van der Waals surface area contributed by atoms with E-state index in [1.165, 1.54) is 18.2 Å². The fraction of sp³-hybridized carbons (Fsp3) is 0.200. The van der Waals surface area contributed by atoms with Gasteiger partial charge in [-0.15, -0.1) is 0 Å². The van der Waals surface area contributed by atoms with Crippen LogP contribution in [0.5, 0.6) is 11.8 Å². The van der Waals surface area contributed by atoms with E-state index in [4.69, 9.17) is 20.9 Å². The molecule has 1 aromatic carbocycles. The lowest BCUT2D eigenvalue weighted by Gasteiger charge is -2.05. The molecule has 0 radical (unpaired) electrons. The highest BCUT2D eigenvalue weighted by molar-refractivity contribution is 5.91. The summed E-state index contributed by atoms with van der Waals surface area (Å²) in [5.74, 6) is -0.806. The fourth-order valence-electron chi connectivity index (χ4n) is 2.20. The number of aromatic carboxylic acids is 2. The number of ether oxygens (including phenoxy) is 2. The van der Waals surface area contributed by atoms with Crippen LogP contribution in [0.3, 0.4) is 0 Å². The highest BCUT2D eigenvalue weighted by Crippen LogP contribution is 2.04. The number of nitrogen functional groups attached to an aromatic ring is 2. The van der Waals surface area contributed by atoms with E-state index in [0.717, 1.165) is 17.5 Å². The molecular formula is C20H24N6O6. The van der Waals surface area contributed by atoms with Crippen molar-refractivity contribution in [2.24, 2.45) is 0 Å². The van der Waals surface area contributed by atoms with Gasteiger partial charge >= 0.3 is 11.9 Å². The third-order valence-corrected chi connectivity index (χ3v) is 3.55. The number of carboxylic acid groups (broad SMARTS) is 2. The van der Waals surface area contributed by atoms with E-state index in [9.17, 15) is 19.8 Å². The number of carbonyl (C=O) groups excluding carboxylic acids is 2. The van der Waals surface area contributed by atoms with Gasteiger partial charge in [-0.05, 0) is 31.0 Å². The minimum atomic E-state index is -1.40. The van der Waals surface area contributed by atoms with E-state index in [1.807, 2.05) is 13.8 Å². The largest absolute Gasteiger partial charge is 0.545 e. The second kappa shape index (κ2) is 12.3. The fourth-order valence-corrected chi connectivity index (χ4v) is 2.20. The van der Waals surface area contributed by atoms with Crippen LogP contribution in [0.25, 0.3) is 0 Å². The molecule has 0 aliphatic carbocycles. The number of benzene rings is 1. The van der Waals surface area contributed by atoms with Crippen LogP contribution in [0.1, 0.15) is 32.1 Å². The molecule has 0 spiro atoms. The van der Waals surface area contributed by atoms with Crippen molar-refractivity contribution in [1.29, 1.82) is 0 Å². The molecular weight excluding hydrogens is 420 g/mol. The maximum Gasteiger partial charge on any atom is 0.389 e. The summed E-state index contributed by atoms with van der Waals surface area (Å²) in [6.07, 6.45) is 0. The maximum atomic E-state index is 10.3. The molecule has 0 saturated carbocycles. The minimum Gasteiger partial charge on any atom is -0.545 e. The van der Waals surface area contributed by atoms with Crippen molar-refractivity contribution in [1.82, 2.24) is 9.97 Å². The number of H-pyrrole nitrogens is 2. The number of anilines is 2. The Morgan fingerprint density at radius 1 is 0.812 bits per heavy atom. The number of aromatic amines is 2. The maximum absolute atomic E-state index is 10.3. The molecule has 3 rings (SSSR count). The lowest BCUT2D eigenvalue weighted by atomic mass is 10.1. The Balaban J connectivity index is 0.000000241. The molecule has 0 aliphatic rings. The van der Waals surface area contributed by atoms with Crippen molar-refractivity contribution in [3.8, 4) is 11.8 Å². The van der Waals surface area contributed by atoms with Crippen molar-refractivity contribution in [3.05, 3.63) is 58.9 Å². The summed E-state index contributed by atoms with van der Waals surface area (Å²) < 4.78 is 9.80. The number of aryl methyl sites for hydroxylation is 2. The summed E-state index contributed by atoms with van der Waals surface area (Å²) in [6.45, 7) is 3.71. The smallest absolute Gasteiger partial charge is 0.389 e. The molecule has 0 aliphatic heterocycles. The van der Waals surface area contributed by atoms with Crippen molar-refractivity contribution in [3.63, 3.8) is 0 Å². The van der Waals surface area contributed by atoms with Crippen LogP contribution in [0.15, 0.2) is 36.4 Å². The van der Waals surface area contributed by atoms with Crippen LogP contribution >= 0.6 is 0 Å². The van der Waals surface area contributed by atoms with Gasteiger partial charge in [0.2, 0.25) is 0 Å². The molecule has 0 atom stereocenters. The van der Waals surface area contributed by atoms with Gasteiger partial charge in [0.25, 0.3) is 11.8 Å². The number of nitrogens with two attached hydrogens (primary N) is 2. The second-order valence-electron chi connectivity index (χ2n) is 6.11. The average Bonchev–Trinajstić information content (AvgIpc) is 2.73. The van der Waals surface area contributed by atoms with E-state index in [0.29, 0.717) is 23.7 Å². The molecule has 12 nitrogen and oxygen atoms in total. The lowest BCUT2D eigenvalue weighted by Crippen LogP contribution is -2.25. The first-order chi connectivity index (χ1) is 15.0. The third kappa shape index (κ3) is 8.90. The van der Waals surface area contributed by atoms with Gasteiger partial charge in [-0.25, -0.2) is 9.97 Å². The van der Waals surface area contributed by atoms with Gasteiger partial charge in [-0.3, -0.25) is 11.5 Å². The van der Waals surface area contributed by atoms with Crippen LogP contribution < -0.4 is 41.1 Å². The van der Waals surface area contributed by atoms with E-state index in [2.05, 4.69) is 19.9 Å². The number of carbonyl (C=O) groups is 2. The summed E-state index contributed by atoms with van der Waals surface area (Å²) in [5.41, 5.74) is 12.1. The predicted molar refractivity (Wildman–Crippen MR) is 108 cm³/mol. The summed E-state index contributed by atoms with van der Waals surface area (Å²) in [6, 6.07) is 8.36. The first kappa shape index (κ1) is 25.6. The zero-order chi connectivity index (χ0) is 24.3. The highest BCUT2D eigenvalue weighted by Gasteiger charge is 2.03. The summed E-state index contributed by atoms with van der Waals surface area (Å²) in [5, 5.41) is 20.5. The number of aromatic nitrogens is 4. The average molecular weight is 444 g/mol. The standard InChI is InChI=1S/C8H6O4.2C6H9N3O/c9-7(10)5-2-1-3-6(4-5)8(11)12;2*1-4-3-5(10-2)9-6(7)8-4/h1-4H,(H,9,10)(H,11,12);2*3H,1-2H3,(H2,7,8,9). The number of carboxylic acids is 2. The molecule has 3 aromatic rings. The van der Waals surface area contributed by atoms with Crippen molar-refractivity contribution < 1.29 is 39.2 Å². The zero-order valence-electron chi connectivity index (χ0n) is 18.0. The molecule has 0 amide bonds. The van der Waals surface area contributed by atoms with Crippen LogP contribution in [-0.2, 0) is 0 Å². The van der Waals surface area contributed by atoms with Gasteiger partial charge in [0.1, 0.15) is 11.4 Å². The number of nitrogens with zero attached hydrogens (tertiary/aromatic N) is 2. The minimum absolute atomic E-state index is 0.170. The Hall–Kier alpha value is -4.48. The molecule has 0 unspecified atom stereocenters. The molecule has 170 valence electrons. The Bertz CT molecular complexity index is 955. The van der Waals surface area contributed by atoms with Crippen molar-refractivity contribution in [2.75, 3.05) is 25.7 Å². The molecule has 0 saturated heterocycles. The van der Waals surface area contributed by atoms with Gasteiger partial charge in [0.05, 0.1) is 38.3 Å². The molecule has 0 bridgehead atoms. The predicted octanol–water partition coefficient (Wildman–Crippen LogP) is -2.00. The zero-order valence-corrected chi connectivity index (χ0v) is 18.0. The Morgan fingerprint density at radius 2 is 1.19 bits per heavy atom. The van der Waals surface area contributed by atoms with E-state index in [1.54, 1.807) is 26.4 Å². The molecule has 0 fully saturated rings. The molecule has 6 N–H and O–H groups in total. The van der Waals surface area contributed by atoms with Crippen molar-refractivity contribution >= 4 is 23.8 Å². The Morgan fingerprint density at radius 3 is 1.47 bits per heavy atom. The van der Waals surface area contributed by atoms with Gasteiger partial charge in [-0.2, -0.15) is 0 Å². The third-order valence-electron chi connectivity index (χ3n) is 3.55. The van der Waals surface area contributed by atoms with Crippen LogP contribution in [0.2, 0.25) is 0 Å². The number of hydrogen-bond donors (Lipinski definition) is 2. The van der Waals surface area contributed by atoms with Crippen molar-refractivity contribution in [2.45, 2.75) is 13.8 Å². The van der Waals surface area contributed by atoms with Gasteiger partial charge in [0, 0.05) is 0 Å². The first-order valence-corrected chi connectivity index (χ1v) is 8.99. The quantitative estimate of drug-likeness (QED) is 0.452. The molecule has 32 heavy (non-hydrogen) atoms. The monoisotopic (exact) mass is 444 g/mol. The van der Waals surface area contributed by atoms with Crippen LogP contribution in [0.4, 0.5) is 11.9 Å². The van der Waals surface area contributed by atoms with Crippen LogP contribution in [0, 0.1) is 13.8 Å². The molecule has 2 heterocycles.